The molecule has 0 radical (unpaired) electrons. The van der Waals surface area contributed by atoms with E-state index in [0.29, 0.717) is 5.92 Å². The SMILES string of the molecule is CC1(c2ccc(F)cc2)CNCC1c1ccc(-c2ccccc2)cc1. The quantitative estimate of drug-likeness (QED) is 0.701. The highest BCUT2D eigenvalue weighted by atomic mass is 19.1. The maximum absolute atomic E-state index is 13.3. The zero-order chi connectivity index (χ0) is 17.3. The first kappa shape index (κ1) is 16.0. The van der Waals surface area contributed by atoms with E-state index in [2.05, 4.69) is 60.8 Å². The predicted octanol–water partition coefficient (Wildman–Crippen LogP) is 5.14. The third-order valence-corrected chi connectivity index (χ3v) is 5.53. The minimum absolute atomic E-state index is 0.0258. The number of benzene rings is 3. The van der Waals surface area contributed by atoms with Crippen molar-refractivity contribution < 1.29 is 4.39 Å². The molecular formula is C23H22FN. The molecule has 0 spiro atoms. The Labute approximate surface area is 148 Å². The monoisotopic (exact) mass is 331 g/mol. The summed E-state index contributed by atoms with van der Waals surface area (Å²) in [6, 6.07) is 26.3. The molecule has 3 aromatic carbocycles. The lowest BCUT2D eigenvalue weighted by Crippen LogP contribution is -2.30. The van der Waals surface area contributed by atoms with Crippen LogP contribution in [0.3, 0.4) is 0 Å². The highest BCUT2D eigenvalue weighted by Crippen LogP contribution is 2.42. The predicted molar refractivity (Wildman–Crippen MR) is 101 cm³/mol. The van der Waals surface area contributed by atoms with Crippen LogP contribution in [0.2, 0.25) is 0 Å². The number of halogens is 1. The molecule has 2 unspecified atom stereocenters. The van der Waals surface area contributed by atoms with E-state index in [1.54, 1.807) is 12.1 Å². The molecule has 1 fully saturated rings. The first-order valence-electron chi connectivity index (χ1n) is 8.79. The first-order chi connectivity index (χ1) is 12.2. The summed E-state index contributed by atoms with van der Waals surface area (Å²) in [6.07, 6.45) is 0. The van der Waals surface area contributed by atoms with E-state index in [9.17, 15) is 4.39 Å². The fourth-order valence-electron chi connectivity index (χ4n) is 3.98. The lowest BCUT2D eigenvalue weighted by molar-refractivity contribution is 0.464. The highest BCUT2D eigenvalue weighted by Gasteiger charge is 2.40. The van der Waals surface area contributed by atoms with Crippen LogP contribution in [0.4, 0.5) is 4.39 Å². The minimum atomic E-state index is -0.179. The molecule has 0 amide bonds. The Morgan fingerprint density at radius 2 is 1.48 bits per heavy atom. The van der Waals surface area contributed by atoms with Gasteiger partial charge in [-0.05, 0) is 34.4 Å². The molecule has 0 bridgehead atoms. The van der Waals surface area contributed by atoms with Gasteiger partial charge in [-0.25, -0.2) is 4.39 Å². The van der Waals surface area contributed by atoms with Crippen molar-refractivity contribution in [1.82, 2.24) is 5.32 Å². The standard InChI is InChI=1S/C23H22FN/c1-23(20-11-13-21(24)14-12-20)16-25-15-22(23)19-9-7-18(8-10-19)17-5-3-2-4-6-17/h2-14,22,25H,15-16H2,1H3. The van der Waals surface area contributed by atoms with Gasteiger partial charge in [0.1, 0.15) is 5.82 Å². The Bertz CT molecular complexity index is 840. The van der Waals surface area contributed by atoms with E-state index >= 15 is 0 Å². The number of hydrogen-bond acceptors (Lipinski definition) is 1. The lowest BCUT2D eigenvalue weighted by Gasteiger charge is -2.31. The molecule has 1 heterocycles. The Morgan fingerprint density at radius 1 is 0.840 bits per heavy atom. The second-order valence-electron chi connectivity index (χ2n) is 7.10. The van der Waals surface area contributed by atoms with Crippen LogP contribution in [0.1, 0.15) is 24.0 Å². The Balaban J connectivity index is 1.65. The smallest absolute Gasteiger partial charge is 0.123 e. The van der Waals surface area contributed by atoms with Crippen molar-refractivity contribution in [2.45, 2.75) is 18.3 Å². The summed E-state index contributed by atoms with van der Waals surface area (Å²) < 4.78 is 13.3. The molecule has 1 aliphatic heterocycles. The molecule has 4 rings (SSSR count). The van der Waals surface area contributed by atoms with Gasteiger partial charge in [0.15, 0.2) is 0 Å². The van der Waals surface area contributed by atoms with Gasteiger partial charge >= 0.3 is 0 Å². The average molecular weight is 331 g/mol. The van der Waals surface area contributed by atoms with Crippen molar-refractivity contribution in [3.8, 4) is 11.1 Å². The molecule has 1 saturated heterocycles. The van der Waals surface area contributed by atoms with Gasteiger partial charge in [-0.2, -0.15) is 0 Å². The van der Waals surface area contributed by atoms with Crippen molar-refractivity contribution in [1.29, 1.82) is 0 Å². The zero-order valence-corrected chi connectivity index (χ0v) is 14.4. The van der Waals surface area contributed by atoms with Crippen molar-refractivity contribution in [3.63, 3.8) is 0 Å². The Hall–Kier alpha value is -2.45. The van der Waals surface area contributed by atoms with Crippen LogP contribution in [0, 0.1) is 5.82 Å². The normalized spacial score (nSPS) is 22.9. The van der Waals surface area contributed by atoms with Gasteiger partial charge in [-0.1, -0.05) is 73.7 Å². The van der Waals surface area contributed by atoms with Crippen molar-refractivity contribution >= 4 is 0 Å². The molecule has 25 heavy (non-hydrogen) atoms. The molecular weight excluding hydrogens is 309 g/mol. The molecule has 1 N–H and O–H groups in total. The van der Waals surface area contributed by atoms with E-state index in [1.807, 2.05) is 18.2 Å². The summed E-state index contributed by atoms with van der Waals surface area (Å²) in [5.74, 6) is 0.199. The first-order valence-corrected chi connectivity index (χ1v) is 8.79. The highest BCUT2D eigenvalue weighted by molar-refractivity contribution is 5.63. The topological polar surface area (TPSA) is 12.0 Å². The molecule has 0 aromatic heterocycles. The lowest BCUT2D eigenvalue weighted by atomic mass is 9.71. The summed E-state index contributed by atoms with van der Waals surface area (Å²) in [7, 11) is 0. The van der Waals surface area contributed by atoms with Gasteiger partial charge in [0.05, 0.1) is 0 Å². The minimum Gasteiger partial charge on any atom is -0.315 e. The van der Waals surface area contributed by atoms with E-state index in [4.69, 9.17) is 0 Å². The largest absolute Gasteiger partial charge is 0.315 e. The van der Waals surface area contributed by atoms with E-state index in [0.717, 1.165) is 13.1 Å². The fourth-order valence-corrected chi connectivity index (χ4v) is 3.98. The summed E-state index contributed by atoms with van der Waals surface area (Å²) in [5, 5.41) is 3.53. The summed E-state index contributed by atoms with van der Waals surface area (Å²) in [5.41, 5.74) is 4.97. The van der Waals surface area contributed by atoms with Crippen LogP contribution < -0.4 is 5.32 Å². The molecule has 0 saturated carbocycles. The van der Waals surface area contributed by atoms with Gasteiger partial charge in [0.25, 0.3) is 0 Å². The Morgan fingerprint density at radius 3 is 2.16 bits per heavy atom. The van der Waals surface area contributed by atoms with Crippen LogP contribution in [0.5, 0.6) is 0 Å². The maximum atomic E-state index is 13.3. The van der Waals surface area contributed by atoms with Gasteiger partial charge in [0, 0.05) is 24.4 Å². The number of nitrogens with one attached hydrogen (secondary N) is 1. The number of hydrogen-bond donors (Lipinski definition) is 1. The summed E-state index contributed by atoms with van der Waals surface area (Å²) in [6.45, 7) is 4.12. The van der Waals surface area contributed by atoms with Crippen molar-refractivity contribution in [3.05, 3.63) is 95.8 Å². The molecule has 2 heteroatoms. The van der Waals surface area contributed by atoms with Gasteiger partial charge in [0.2, 0.25) is 0 Å². The summed E-state index contributed by atoms with van der Waals surface area (Å²) >= 11 is 0. The van der Waals surface area contributed by atoms with Gasteiger partial charge in [-0.3, -0.25) is 0 Å². The van der Waals surface area contributed by atoms with Crippen LogP contribution in [0.15, 0.2) is 78.9 Å². The second-order valence-corrected chi connectivity index (χ2v) is 7.10. The van der Waals surface area contributed by atoms with Crippen molar-refractivity contribution in [2.75, 3.05) is 13.1 Å². The second kappa shape index (κ2) is 6.45. The third-order valence-electron chi connectivity index (χ3n) is 5.53. The van der Waals surface area contributed by atoms with Crippen LogP contribution in [-0.4, -0.2) is 13.1 Å². The van der Waals surface area contributed by atoms with E-state index in [-0.39, 0.29) is 11.2 Å². The van der Waals surface area contributed by atoms with Crippen LogP contribution in [0.25, 0.3) is 11.1 Å². The zero-order valence-electron chi connectivity index (χ0n) is 14.4. The number of rotatable bonds is 3. The van der Waals surface area contributed by atoms with Crippen molar-refractivity contribution in [2.24, 2.45) is 0 Å². The maximum Gasteiger partial charge on any atom is 0.123 e. The Kier molecular flexibility index (Phi) is 4.14. The summed E-state index contributed by atoms with van der Waals surface area (Å²) in [4.78, 5) is 0. The molecule has 1 nitrogen and oxygen atoms in total. The van der Waals surface area contributed by atoms with Gasteiger partial charge < -0.3 is 5.32 Å². The molecule has 0 aliphatic carbocycles. The molecule has 1 aliphatic rings. The average Bonchev–Trinajstić information content (AvgIpc) is 3.06. The van der Waals surface area contributed by atoms with Gasteiger partial charge in [-0.15, -0.1) is 0 Å². The van der Waals surface area contributed by atoms with E-state index < -0.39 is 0 Å². The van der Waals surface area contributed by atoms with Crippen LogP contribution >= 0.6 is 0 Å². The molecule has 126 valence electrons. The molecule has 3 aromatic rings. The van der Waals surface area contributed by atoms with Crippen LogP contribution in [-0.2, 0) is 5.41 Å². The van der Waals surface area contributed by atoms with E-state index in [1.165, 1.54) is 22.3 Å². The molecule has 2 atom stereocenters. The third kappa shape index (κ3) is 2.98. The fraction of sp³-hybridized carbons (Fsp3) is 0.217.